The molecule has 0 radical (unpaired) electrons. The molecule has 1 N–H and O–H groups in total. The Morgan fingerprint density at radius 3 is 2.46 bits per heavy atom. The monoisotopic (exact) mass is 378 g/mol. The second-order valence-corrected chi connectivity index (χ2v) is 7.92. The zero-order chi connectivity index (χ0) is 18.4. The molecule has 5 nitrogen and oxygen atoms in total. The Balaban J connectivity index is 1.41. The Morgan fingerprint density at radius 1 is 1.08 bits per heavy atom. The van der Waals surface area contributed by atoms with Gasteiger partial charge in [0.1, 0.15) is 0 Å². The maximum Gasteiger partial charge on any atom is 0.234 e. The Labute approximate surface area is 162 Å². The first kappa shape index (κ1) is 19.6. The minimum absolute atomic E-state index is 0.174. The van der Waals surface area contributed by atoms with Crippen LogP contribution in [0.4, 0.5) is 0 Å². The predicted molar refractivity (Wildman–Crippen MR) is 106 cm³/mol. The van der Waals surface area contributed by atoms with Gasteiger partial charge in [-0.15, -0.1) is 0 Å². The number of benzene rings is 1. The maximum absolute atomic E-state index is 12.4. The summed E-state index contributed by atoms with van der Waals surface area (Å²) in [6, 6.07) is 8.32. The molecule has 2 aliphatic heterocycles. The summed E-state index contributed by atoms with van der Waals surface area (Å²) >= 11 is 5.96. The molecule has 2 saturated heterocycles. The average molecular weight is 379 g/mol. The van der Waals surface area contributed by atoms with Gasteiger partial charge in [-0.1, -0.05) is 30.7 Å². The van der Waals surface area contributed by atoms with Crippen molar-refractivity contribution in [1.29, 1.82) is 0 Å². The first-order valence-corrected chi connectivity index (χ1v) is 10.2. The van der Waals surface area contributed by atoms with Crippen LogP contribution in [0.3, 0.4) is 0 Å². The largest absolute Gasteiger partial charge is 0.351 e. The number of carbonyl (C=O) groups excluding carboxylic acids is 1. The number of piperidine rings is 1. The molecule has 6 heteroatoms. The van der Waals surface area contributed by atoms with Crippen LogP contribution >= 0.6 is 11.6 Å². The number of hydrogen-bond acceptors (Lipinski definition) is 4. The molecule has 26 heavy (non-hydrogen) atoms. The van der Waals surface area contributed by atoms with E-state index in [0.717, 1.165) is 70.2 Å². The van der Waals surface area contributed by atoms with Gasteiger partial charge in [-0.25, -0.2) is 0 Å². The van der Waals surface area contributed by atoms with E-state index in [2.05, 4.69) is 39.1 Å². The summed E-state index contributed by atoms with van der Waals surface area (Å²) in [5.74, 6) is 0.174. The molecule has 2 aliphatic rings. The van der Waals surface area contributed by atoms with E-state index in [-0.39, 0.29) is 11.9 Å². The number of carbonyl (C=O) groups is 1. The summed E-state index contributed by atoms with van der Waals surface area (Å²) in [6.07, 6.45) is 2.21. The standard InChI is InChI=1S/C20H31ClN4O/c1-2-23-10-12-24(13-11-23)16-20(26)22-19-4-3-9-25(15-19)14-17-5-7-18(21)8-6-17/h5-8,19H,2-4,9-16H2,1H3,(H,22,26). The molecular weight excluding hydrogens is 348 g/mol. The van der Waals surface area contributed by atoms with Crippen molar-refractivity contribution in [3.8, 4) is 0 Å². The van der Waals surface area contributed by atoms with Gasteiger partial charge in [0.2, 0.25) is 5.91 Å². The zero-order valence-corrected chi connectivity index (χ0v) is 16.5. The molecule has 0 aliphatic carbocycles. The molecule has 1 aromatic rings. The summed E-state index contributed by atoms with van der Waals surface area (Å²) in [7, 11) is 0. The Morgan fingerprint density at radius 2 is 1.77 bits per heavy atom. The topological polar surface area (TPSA) is 38.8 Å². The van der Waals surface area contributed by atoms with Crippen molar-refractivity contribution in [1.82, 2.24) is 20.0 Å². The molecule has 3 rings (SSSR count). The Kier molecular flexibility index (Phi) is 7.32. The SMILES string of the molecule is CCN1CCN(CC(=O)NC2CCCN(Cc3ccc(Cl)cc3)C2)CC1. The highest BCUT2D eigenvalue weighted by atomic mass is 35.5. The Hall–Kier alpha value is -1.14. The third-order valence-electron chi connectivity index (χ3n) is 5.47. The number of hydrogen-bond donors (Lipinski definition) is 1. The first-order valence-electron chi connectivity index (χ1n) is 9.83. The van der Waals surface area contributed by atoms with Gasteiger partial charge in [-0.2, -0.15) is 0 Å². The lowest BCUT2D eigenvalue weighted by Crippen LogP contribution is -2.52. The van der Waals surface area contributed by atoms with E-state index in [4.69, 9.17) is 11.6 Å². The van der Waals surface area contributed by atoms with Crippen molar-refractivity contribution in [2.45, 2.75) is 32.4 Å². The van der Waals surface area contributed by atoms with Gasteiger partial charge in [-0.05, 0) is 43.6 Å². The van der Waals surface area contributed by atoms with E-state index in [1.165, 1.54) is 5.56 Å². The fourth-order valence-corrected chi connectivity index (χ4v) is 4.03. The second kappa shape index (κ2) is 9.70. The predicted octanol–water partition coefficient (Wildman–Crippen LogP) is 2.06. The van der Waals surface area contributed by atoms with Crippen molar-refractivity contribution >= 4 is 17.5 Å². The highest BCUT2D eigenvalue weighted by Gasteiger charge is 2.23. The summed E-state index contributed by atoms with van der Waals surface area (Å²) in [5, 5.41) is 4.03. The number of nitrogens with one attached hydrogen (secondary N) is 1. The first-order chi connectivity index (χ1) is 12.6. The van der Waals surface area contributed by atoms with Crippen molar-refractivity contribution < 1.29 is 4.79 Å². The molecule has 2 fully saturated rings. The maximum atomic E-state index is 12.4. The van der Waals surface area contributed by atoms with Gasteiger partial charge < -0.3 is 10.2 Å². The van der Waals surface area contributed by atoms with Crippen LogP contribution in [0.25, 0.3) is 0 Å². The third-order valence-corrected chi connectivity index (χ3v) is 5.72. The van der Waals surface area contributed by atoms with Crippen LogP contribution in [-0.4, -0.2) is 79.0 Å². The van der Waals surface area contributed by atoms with Gasteiger partial charge >= 0.3 is 0 Å². The quantitative estimate of drug-likeness (QED) is 0.822. The average Bonchev–Trinajstić information content (AvgIpc) is 2.64. The number of halogens is 1. The lowest BCUT2D eigenvalue weighted by molar-refractivity contribution is -0.123. The molecule has 0 bridgehead atoms. The van der Waals surface area contributed by atoms with Crippen LogP contribution in [0.15, 0.2) is 24.3 Å². The summed E-state index contributed by atoms with van der Waals surface area (Å²) in [5.41, 5.74) is 1.27. The number of likely N-dealkylation sites (tertiary alicyclic amines) is 1. The number of nitrogens with zero attached hydrogens (tertiary/aromatic N) is 3. The molecule has 2 heterocycles. The van der Waals surface area contributed by atoms with Crippen LogP contribution in [0.1, 0.15) is 25.3 Å². The minimum atomic E-state index is 0.174. The molecule has 1 unspecified atom stereocenters. The molecule has 0 aromatic heterocycles. The molecule has 144 valence electrons. The van der Waals surface area contributed by atoms with Crippen LogP contribution in [0.2, 0.25) is 5.02 Å². The fraction of sp³-hybridized carbons (Fsp3) is 0.650. The number of piperazine rings is 1. The molecule has 1 amide bonds. The lowest BCUT2D eigenvalue weighted by Gasteiger charge is -2.35. The summed E-state index contributed by atoms with van der Waals surface area (Å²) < 4.78 is 0. The van der Waals surface area contributed by atoms with Crippen LogP contribution < -0.4 is 5.32 Å². The number of rotatable bonds is 6. The van der Waals surface area contributed by atoms with Gasteiger partial charge in [0.25, 0.3) is 0 Å². The summed E-state index contributed by atoms with van der Waals surface area (Å²) in [6.45, 7) is 10.9. The minimum Gasteiger partial charge on any atom is -0.351 e. The van der Waals surface area contributed by atoms with Gasteiger partial charge in [0.15, 0.2) is 0 Å². The van der Waals surface area contributed by atoms with Crippen LogP contribution in [-0.2, 0) is 11.3 Å². The molecule has 0 spiro atoms. The van der Waals surface area contributed by atoms with E-state index in [0.29, 0.717) is 6.54 Å². The van der Waals surface area contributed by atoms with E-state index in [1.54, 1.807) is 0 Å². The van der Waals surface area contributed by atoms with E-state index >= 15 is 0 Å². The Bertz CT molecular complexity index is 572. The number of amides is 1. The van der Waals surface area contributed by atoms with Gasteiger partial charge in [-0.3, -0.25) is 14.6 Å². The molecular formula is C20H31ClN4O. The smallest absolute Gasteiger partial charge is 0.234 e. The van der Waals surface area contributed by atoms with E-state index in [9.17, 15) is 4.79 Å². The highest BCUT2D eigenvalue weighted by Crippen LogP contribution is 2.16. The highest BCUT2D eigenvalue weighted by molar-refractivity contribution is 6.30. The van der Waals surface area contributed by atoms with Crippen molar-refractivity contribution in [3.05, 3.63) is 34.9 Å². The number of likely N-dealkylation sites (N-methyl/N-ethyl adjacent to an activating group) is 1. The third kappa shape index (κ3) is 5.95. The lowest BCUT2D eigenvalue weighted by atomic mass is 10.0. The summed E-state index contributed by atoms with van der Waals surface area (Å²) in [4.78, 5) is 19.6. The molecule has 1 aromatic carbocycles. The zero-order valence-electron chi connectivity index (χ0n) is 15.8. The van der Waals surface area contributed by atoms with Gasteiger partial charge in [0, 0.05) is 50.3 Å². The fourth-order valence-electron chi connectivity index (χ4n) is 3.91. The van der Waals surface area contributed by atoms with Crippen molar-refractivity contribution in [3.63, 3.8) is 0 Å². The van der Waals surface area contributed by atoms with Gasteiger partial charge in [0.05, 0.1) is 6.54 Å². The van der Waals surface area contributed by atoms with Crippen molar-refractivity contribution in [2.75, 3.05) is 52.4 Å². The van der Waals surface area contributed by atoms with E-state index < -0.39 is 0 Å². The van der Waals surface area contributed by atoms with Crippen LogP contribution in [0, 0.1) is 0 Å². The van der Waals surface area contributed by atoms with Crippen LogP contribution in [0.5, 0.6) is 0 Å². The molecule has 1 atom stereocenters. The second-order valence-electron chi connectivity index (χ2n) is 7.48. The molecule has 0 saturated carbocycles. The normalized spacial score (nSPS) is 23.1. The van der Waals surface area contributed by atoms with Crippen molar-refractivity contribution in [2.24, 2.45) is 0 Å². The van der Waals surface area contributed by atoms with E-state index in [1.807, 2.05) is 12.1 Å².